The minimum atomic E-state index is -0.345. The number of halogens is 2. The van der Waals surface area contributed by atoms with Crippen LogP contribution in [0.3, 0.4) is 0 Å². The highest BCUT2D eigenvalue weighted by Crippen LogP contribution is 2.11. The maximum Gasteiger partial charge on any atom is 0.317 e. The zero-order valence-electron chi connectivity index (χ0n) is 15.3. The summed E-state index contributed by atoms with van der Waals surface area (Å²) in [7, 11) is 0. The summed E-state index contributed by atoms with van der Waals surface area (Å²) in [4.78, 5) is 28.1. The molecule has 1 saturated heterocycles. The summed E-state index contributed by atoms with van der Waals surface area (Å²) in [5.74, 6) is -0.506. The van der Waals surface area contributed by atoms with Crippen LogP contribution < -0.4 is 10.6 Å². The number of anilines is 1. The Morgan fingerprint density at radius 1 is 1.04 bits per heavy atom. The average molecular weight is 405 g/mol. The smallest absolute Gasteiger partial charge is 0.317 e. The summed E-state index contributed by atoms with van der Waals surface area (Å²) < 4.78 is 12.9. The van der Waals surface area contributed by atoms with Crippen LogP contribution in [0.15, 0.2) is 48.5 Å². The molecule has 148 valence electrons. The molecule has 2 N–H and O–H groups in total. The monoisotopic (exact) mass is 404 g/mol. The van der Waals surface area contributed by atoms with Crippen molar-refractivity contribution in [2.45, 2.75) is 6.54 Å². The molecule has 6 nitrogen and oxygen atoms in total. The molecule has 2 aromatic rings. The van der Waals surface area contributed by atoms with E-state index in [1.807, 2.05) is 23.1 Å². The van der Waals surface area contributed by atoms with Crippen molar-refractivity contribution < 1.29 is 14.0 Å². The van der Waals surface area contributed by atoms with Crippen LogP contribution in [-0.2, 0) is 11.3 Å². The Balaban J connectivity index is 1.39. The Kier molecular flexibility index (Phi) is 6.84. The molecule has 8 heteroatoms. The van der Waals surface area contributed by atoms with Crippen molar-refractivity contribution in [1.82, 2.24) is 15.1 Å². The van der Waals surface area contributed by atoms with Crippen LogP contribution in [0.5, 0.6) is 0 Å². The van der Waals surface area contributed by atoms with Crippen molar-refractivity contribution in [3.63, 3.8) is 0 Å². The van der Waals surface area contributed by atoms with E-state index in [0.29, 0.717) is 43.4 Å². The molecule has 0 aromatic heterocycles. The van der Waals surface area contributed by atoms with Gasteiger partial charge < -0.3 is 15.5 Å². The fourth-order valence-electron chi connectivity index (χ4n) is 2.98. The van der Waals surface area contributed by atoms with Crippen molar-refractivity contribution in [2.24, 2.45) is 0 Å². The second-order valence-electron chi connectivity index (χ2n) is 6.61. The molecule has 0 spiro atoms. The first-order chi connectivity index (χ1) is 13.5. The molecule has 28 heavy (non-hydrogen) atoms. The van der Waals surface area contributed by atoms with Crippen molar-refractivity contribution in [2.75, 3.05) is 38.0 Å². The molecular formula is C20H22ClFN4O2. The van der Waals surface area contributed by atoms with Crippen LogP contribution in [-0.4, -0.2) is 54.5 Å². The molecule has 1 heterocycles. The number of hydrogen-bond acceptors (Lipinski definition) is 3. The number of amides is 3. The number of nitrogens with zero attached hydrogens (tertiary/aromatic N) is 2. The van der Waals surface area contributed by atoms with Crippen molar-refractivity contribution in [3.05, 3.63) is 64.9 Å². The van der Waals surface area contributed by atoms with E-state index in [1.54, 1.807) is 11.0 Å². The van der Waals surface area contributed by atoms with Gasteiger partial charge in [0.1, 0.15) is 5.82 Å². The van der Waals surface area contributed by atoms with Gasteiger partial charge in [0.2, 0.25) is 5.91 Å². The number of carbonyl (C=O) groups excluding carboxylic acids is 2. The van der Waals surface area contributed by atoms with Gasteiger partial charge in [-0.25, -0.2) is 9.18 Å². The van der Waals surface area contributed by atoms with Crippen LogP contribution in [0.2, 0.25) is 5.02 Å². The summed E-state index contributed by atoms with van der Waals surface area (Å²) in [6.07, 6.45) is 0. The molecule has 1 aliphatic heterocycles. The highest BCUT2D eigenvalue weighted by Gasteiger charge is 2.22. The zero-order chi connectivity index (χ0) is 19.9. The lowest BCUT2D eigenvalue weighted by molar-refractivity contribution is -0.117. The van der Waals surface area contributed by atoms with Gasteiger partial charge in [0.05, 0.1) is 6.54 Å². The first-order valence-corrected chi connectivity index (χ1v) is 9.42. The van der Waals surface area contributed by atoms with Crippen LogP contribution in [0.4, 0.5) is 14.9 Å². The summed E-state index contributed by atoms with van der Waals surface area (Å²) in [6.45, 7) is 2.97. The predicted molar refractivity (Wildman–Crippen MR) is 107 cm³/mol. The van der Waals surface area contributed by atoms with Crippen LogP contribution in [0.25, 0.3) is 0 Å². The maximum atomic E-state index is 12.9. The van der Waals surface area contributed by atoms with E-state index in [1.165, 1.54) is 24.3 Å². The fraction of sp³-hybridized carbons (Fsp3) is 0.300. The summed E-state index contributed by atoms with van der Waals surface area (Å²) in [6, 6.07) is 12.9. The minimum Gasteiger partial charge on any atom is -0.334 e. The summed E-state index contributed by atoms with van der Waals surface area (Å²) in [5, 5.41) is 6.27. The van der Waals surface area contributed by atoms with Crippen molar-refractivity contribution >= 4 is 29.2 Å². The van der Waals surface area contributed by atoms with Gasteiger partial charge in [-0.2, -0.15) is 0 Å². The summed E-state index contributed by atoms with van der Waals surface area (Å²) in [5.41, 5.74) is 1.50. The van der Waals surface area contributed by atoms with E-state index < -0.39 is 0 Å². The zero-order valence-corrected chi connectivity index (χ0v) is 16.1. The maximum absolute atomic E-state index is 12.9. The molecule has 0 radical (unpaired) electrons. The molecule has 3 amide bonds. The molecule has 3 rings (SSSR count). The average Bonchev–Trinajstić information content (AvgIpc) is 2.68. The highest BCUT2D eigenvalue weighted by atomic mass is 35.5. The number of nitrogens with one attached hydrogen (secondary N) is 2. The third-order valence-electron chi connectivity index (χ3n) is 4.49. The normalized spacial score (nSPS) is 14.6. The van der Waals surface area contributed by atoms with Gasteiger partial charge in [0.15, 0.2) is 0 Å². The van der Waals surface area contributed by atoms with Crippen molar-refractivity contribution in [1.29, 1.82) is 0 Å². The topological polar surface area (TPSA) is 64.7 Å². The molecule has 1 fully saturated rings. The molecule has 0 aliphatic carbocycles. The third-order valence-corrected chi connectivity index (χ3v) is 4.72. The van der Waals surface area contributed by atoms with Gasteiger partial charge in [-0.3, -0.25) is 9.69 Å². The van der Waals surface area contributed by atoms with Gasteiger partial charge in [0, 0.05) is 43.4 Å². The lowest BCUT2D eigenvalue weighted by Crippen LogP contribution is -2.52. The first kappa shape index (κ1) is 20.1. The number of benzene rings is 2. The minimum absolute atomic E-state index is 0.129. The Morgan fingerprint density at radius 3 is 2.43 bits per heavy atom. The highest BCUT2D eigenvalue weighted by molar-refractivity contribution is 6.30. The molecule has 0 saturated carbocycles. The molecule has 0 unspecified atom stereocenters. The Hall–Kier alpha value is -2.64. The standard InChI is InChI=1S/C20H22ClFN4O2/c21-16-3-1-2-15(12-16)13-23-20(28)26-10-8-25(9-11-26)14-19(27)24-18-6-4-17(22)5-7-18/h1-7,12H,8-11,13-14H2,(H,23,28)(H,24,27). The van der Waals surface area contributed by atoms with Crippen LogP contribution in [0.1, 0.15) is 5.56 Å². The van der Waals surface area contributed by atoms with E-state index in [9.17, 15) is 14.0 Å². The van der Waals surface area contributed by atoms with Gasteiger partial charge in [-0.15, -0.1) is 0 Å². The van der Waals surface area contributed by atoms with Crippen LogP contribution >= 0.6 is 11.6 Å². The van der Waals surface area contributed by atoms with Crippen LogP contribution in [0, 0.1) is 5.82 Å². The third kappa shape index (κ3) is 5.94. The second kappa shape index (κ2) is 9.52. The SMILES string of the molecule is O=C(CN1CCN(C(=O)NCc2cccc(Cl)c2)CC1)Nc1ccc(F)cc1. The van der Waals surface area contributed by atoms with E-state index in [-0.39, 0.29) is 24.3 Å². The Bertz CT molecular complexity index is 823. The lowest BCUT2D eigenvalue weighted by Gasteiger charge is -2.34. The Morgan fingerprint density at radius 2 is 1.75 bits per heavy atom. The molecule has 2 aromatic carbocycles. The van der Waals surface area contributed by atoms with Gasteiger partial charge >= 0.3 is 6.03 Å². The van der Waals surface area contributed by atoms with Crippen molar-refractivity contribution in [3.8, 4) is 0 Å². The molecular weight excluding hydrogens is 383 g/mol. The number of rotatable bonds is 5. The number of piperazine rings is 1. The summed E-state index contributed by atoms with van der Waals surface area (Å²) >= 11 is 5.95. The van der Waals surface area contributed by atoms with E-state index in [0.717, 1.165) is 5.56 Å². The molecule has 0 bridgehead atoms. The van der Waals surface area contributed by atoms with Gasteiger partial charge in [0.25, 0.3) is 0 Å². The van der Waals surface area contributed by atoms with E-state index >= 15 is 0 Å². The second-order valence-corrected chi connectivity index (χ2v) is 7.04. The largest absolute Gasteiger partial charge is 0.334 e. The van der Waals surface area contributed by atoms with E-state index in [2.05, 4.69) is 10.6 Å². The van der Waals surface area contributed by atoms with E-state index in [4.69, 9.17) is 11.6 Å². The quantitative estimate of drug-likeness (QED) is 0.805. The van der Waals surface area contributed by atoms with Gasteiger partial charge in [-0.1, -0.05) is 23.7 Å². The molecule has 0 atom stereocenters. The number of urea groups is 1. The fourth-order valence-corrected chi connectivity index (χ4v) is 3.20. The number of carbonyl (C=O) groups is 2. The lowest BCUT2D eigenvalue weighted by atomic mass is 10.2. The number of hydrogen-bond donors (Lipinski definition) is 2. The molecule has 1 aliphatic rings. The predicted octanol–water partition coefficient (Wildman–Crippen LogP) is 2.95. The Labute approximate surface area is 168 Å². The van der Waals surface area contributed by atoms with Gasteiger partial charge in [-0.05, 0) is 42.0 Å². The first-order valence-electron chi connectivity index (χ1n) is 9.04.